The molecule has 0 unspecified atom stereocenters. The molecule has 3 aromatic heterocycles. The monoisotopic (exact) mass is 475 g/mol. The van der Waals surface area contributed by atoms with Gasteiger partial charge in [0.1, 0.15) is 5.69 Å². The van der Waals surface area contributed by atoms with Crippen LogP contribution in [0.3, 0.4) is 0 Å². The summed E-state index contributed by atoms with van der Waals surface area (Å²) < 4.78 is 49.1. The normalized spacial score (nSPS) is 20.6. The zero-order chi connectivity index (χ0) is 23.4. The summed E-state index contributed by atoms with van der Waals surface area (Å²) in [6, 6.07) is 7.78. The molecule has 0 bridgehead atoms. The summed E-state index contributed by atoms with van der Waals surface area (Å²) >= 11 is 6.33. The number of rotatable bonds is 4. The van der Waals surface area contributed by atoms with Gasteiger partial charge in [-0.25, -0.2) is 9.97 Å². The minimum absolute atomic E-state index is 0.135. The van der Waals surface area contributed by atoms with Crippen LogP contribution in [0.25, 0.3) is 34.0 Å². The van der Waals surface area contributed by atoms with E-state index < -0.39 is 23.5 Å². The molecular formula is C22H17ClF3N5O2. The largest absolute Gasteiger partial charge is 0.433 e. The van der Waals surface area contributed by atoms with E-state index in [9.17, 15) is 18.3 Å². The number of benzene rings is 1. The lowest BCUT2D eigenvalue weighted by Crippen LogP contribution is -2.43. The molecule has 0 radical (unpaired) electrons. The highest BCUT2D eigenvalue weighted by Crippen LogP contribution is 2.48. The van der Waals surface area contributed by atoms with Gasteiger partial charge in [0.2, 0.25) is 0 Å². The SMILES string of the molecule is C[C@]1(O)C[C@@H](n2ncc(-c3onc(-c4ccccc4Cl)c3-c3ncccn3)c2C(F)(F)F)C1. The molecule has 0 saturated heterocycles. The van der Waals surface area contributed by atoms with Crippen LogP contribution in [0.15, 0.2) is 53.4 Å². The van der Waals surface area contributed by atoms with Gasteiger partial charge in [0.05, 0.1) is 34.0 Å². The maximum absolute atomic E-state index is 14.2. The summed E-state index contributed by atoms with van der Waals surface area (Å²) in [4.78, 5) is 8.42. The molecule has 1 aliphatic carbocycles. The average molecular weight is 476 g/mol. The predicted octanol–water partition coefficient (Wildman–Crippen LogP) is 5.42. The summed E-state index contributed by atoms with van der Waals surface area (Å²) in [6.07, 6.45) is -0.376. The van der Waals surface area contributed by atoms with Gasteiger partial charge in [-0.05, 0) is 31.9 Å². The number of alkyl halides is 3. The highest BCUT2D eigenvalue weighted by Gasteiger charge is 2.47. The third kappa shape index (κ3) is 3.79. The Bertz CT molecular complexity index is 1310. The van der Waals surface area contributed by atoms with Gasteiger partial charge < -0.3 is 9.63 Å². The molecule has 1 N–H and O–H groups in total. The molecule has 7 nitrogen and oxygen atoms in total. The molecular weight excluding hydrogens is 459 g/mol. The van der Waals surface area contributed by atoms with Crippen LogP contribution in [0.4, 0.5) is 13.2 Å². The highest BCUT2D eigenvalue weighted by atomic mass is 35.5. The molecule has 33 heavy (non-hydrogen) atoms. The summed E-state index contributed by atoms with van der Waals surface area (Å²) in [6.45, 7) is 1.58. The Labute approximate surface area is 190 Å². The highest BCUT2D eigenvalue weighted by molar-refractivity contribution is 6.33. The summed E-state index contributed by atoms with van der Waals surface area (Å²) in [7, 11) is 0. The number of hydrogen-bond acceptors (Lipinski definition) is 6. The van der Waals surface area contributed by atoms with Crippen molar-refractivity contribution in [2.75, 3.05) is 0 Å². The maximum atomic E-state index is 14.2. The first-order valence-electron chi connectivity index (χ1n) is 10.0. The number of hydrogen-bond donors (Lipinski definition) is 1. The fourth-order valence-electron chi connectivity index (χ4n) is 4.16. The second-order valence-corrected chi connectivity index (χ2v) is 8.60. The lowest BCUT2D eigenvalue weighted by Gasteiger charge is -2.41. The molecule has 0 aliphatic heterocycles. The molecule has 0 amide bonds. The van der Waals surface area contributed by atoms with Crippen molar-refractivity contribution in [3.8, 4) is 34.0 Å². The molecule has 0 spiro atoms. The summed E-state index contributed by atoms with van der Waals surface area (Å²) in [5, 5.41) is 18.4. The van der Waals surface area contributed by atoms with E-state index in [1.807, 2.05) is 0 Å². The van der Waals surface area contributed by atoms with Crippen LogP contribution in [0, 0.1) is 0 Å². The van der Waals surface area contributed by atoms with Gasteiger partial charge in [-0.3, -0.25) is 4.68 Å². The maximum Gasteiger partial charge on any atom is 0.433 e. The molecule has 1 saturated carbocycles. The van der Waals surface area contributed by atoms with Crippen molar-refractivity contribution in [2.45, 2.75) is 37.6 Å². The van der Waals surface area contributed by atoms with Crippen molar-refractivity contribution in [1.29, 1.82) is 0 Å². The van der Waals surface area contributed by atoms with Gasteiger partial charge in [0.15, 0.2) is 17.3 Å². The van der Waals surface area contributed by atoms with Gasteiger partial charge >= 0.3 is 6.18 Å². The van der Waals surface area contributed by atoms with Gasteiger partial charge in [0, 0.05) is 18.0 Å². The Hall–Kier alpha value is -3.24. The fourth-order valence-corrected chi connectivity index (χ4v) is 4.39. The second kappa shape index (κ2) is 7.67. The molecule has 5 rings (SSSR count). The zero-order valence-corrected chi connectivity index (χ0v) is 18.0. The first-order chi connectivity index (χ1) is 15.7. The molecule has 0 atom stereocenters. The van der Waals surface area contributed by atoms with E-state index in [0.29, 0.717) is 10.6 Å². The van der Waals surface area contributed by atoms with Gasteiger partial charge in [-0.15, -0.1) is 0 Å². The minimum Gasteiger partial charge on any atom is -0.390 e. The van der Waals surface area contributed by atoms with E-state index >= 15 is 0 Å². The zero-order valence-electron chi connectivity index (χ0n) is 17.2. The van der Waals surface area contributed by atoms with Gasteiger partial charge in [-0.2, -0.15) is 18.3 Å². The molecule has 1 aliphatic rings. The Balaban J connectivity index is 1.73. The minimum atomic E-state index is -4.74. The van der Waals surface area contributed by atoms with E-state index in [1.165, 1.54) is 12.4 Å². The number of aromatic nitrogens is 5. The first kappa shape index (κ1) is 21.6. The van der Waals surface area contributed by atoms with Crippen molar-refractivity contribution in [3.05, 3.63) is 59.6 Å². The molecule has 170 valence electrons. The Kier molecular flexibility index (Phi) is 5.02. The molecule has 1 fully saturated rings. The van der Waals surface area contributed by atoms with Crippen molar-refractivity contribution in [2.24, 2.45) is 0 Å². The summed E-state index contributed by atoms with van der Waals surface area (Å²) in [5.74, 6) is -0.0306. The summed E-state index contributed by atoms with van der Waals surface area (Å²) in [5.41, 5.74) is -1.44. The van der Waals surface area contributed by atoms with Crippen molar-refractivity contribution in [1.82, 2.24) is 24.9 Å². The molecule has 4 aromatic rings. The topological polar surface area (TPSA) is 89.9 Å². The lowest BCUT2D eigenvalue weighted by molar-refractivity contribution is -0.148. The van der Waals surface area contributed by atoms with Crippen molar-refractivity contribution in [3.63, 3.8) is 0 Å². The molecule has 1 aromatic carbocycles. The van der Waals surface area contributed by atoms with Crippen LogP contribution in [0.2, 0.25) is 5.02 Å². The van der Waals surface area contributed by atoms with E-state index in [4.69, 9.17) is 16.1 Å². The predicted molar refractivity (Wildman–Crippen MR) is 113 cm³/mol. The average Bonchev–Trinajstić information content (AvgIpc) is 3.37. The van der Waals surface area contributed by atoms with Gasteiger partial charge in [-0.1, -0.05) is 35.0 Å². The Morgan fingerprint density at radius 2 is 1.82 bits per heavy atom. The number of nitrogens with zero attached hydrogens (tertiary/aromatic N) is 5. The van der Waals surface area contributed by atoms with Crippen LogP contribution < -0.4 is 0 Å². The molecule has 3 heterocycles. The third-order valence-electron chi connectivity index (χ3n) is 5.62. The van der Waals surface area contributed by atoms with Crippen LogP contribution in [0.1, 0.15) is 31.5 Å². The number of aliphatic hydroxyl groups is 1. The van der Waals surface area contributed by atoms with E-state index in [-0.39, 0.29) is 41.2 Å². The van der Waals surface area contributed by atoms with Crippen molar-refractivity contribution >= 4 is 11.6 Å². The quantitative estimate of drug-likeness (QED) is 0.424. The Morgan fingerprint density at radius 1 is 1.12 bits per heavy atom. The van der Waals surface area contributed by atoms with E-state index in [1.54, 1.807) is 37.3 Å². The second-order valence-electron chi connectivity index (χ2n) is 8.20. The van der Waals surface area contributed by atoms with Crippen LogP contribution >= 0.6 is 11.6 Å². The first-order valence-corrected chi connectivity index (χ1v) is 10.4. The van der Waals surface area contributed by atoms with Crippen LogP contribution in [-0.4, -0.2) is 35.6 Å². The van der Waals surface area contributed by atoms with Crippen molar-refractivity contribution < 1.29 is 22.8 Å². The van der Waals surface area contributed by atoms with E-state index in [0.717, 1.165) is 10.9 Å². The van der Waals surface area contributed by atoms with Crippen LogP contribution in [0.5, 0.6) is 0 Å². The van der Waals surface area contributed by atoms with Gasteiger partial charge in [0.25, 0.3) is 0 Å². The fraction of sp³-hybridized carbons (Fsp3) is 0.273. The standard InChI is InChI=1S/C22H17ClF3N5O2/c1-21(32)9-12(10-21)31-19(22(24,25)26)14(11-29-31)18-16(20-27-7-4-8-28-20)17(30-33-18)13-5-2-3-6-15(13)23/h2-8,11-12,32H,9-10H2,1H3/t12-,21+. The van der Waals surface area contributed by atoms with Crippen LogP contribution in [-0.2, 0) is 6.18 Å². The third-order valence-corrected chi connectivity index (χ3v) is 5.95. The number of halogens is 4. The van der Waals surface area contributed by atoms with E-state index in [2.05, 4.69) is 20.2 Å². The smallest absolute Gasteiger partial charge is 0.390 e. The Morgan fingerprint density at radius 3 is 2.45 bits per heavy atom. The lowest BCUT2D eigenvalue weighted by atomic mass is 9.77. The molecule has 11 heteroatoms.